The molecule has 2 aromatic carbocycles. The number of phenols is 1. The van der Waals surface area contributed by atoms with Crippen molar-refractivity contribution >= 4 is 33.5 Å². The second kappa shape index (κ2) is 7.42. The number of hydrogen-bond donors (Lipinski definition) is 2. The molecule has 2 rings (SSSR count). The quantitative estimate of drug-likeness (QED) is 0.801. The minimum atomic E-state index is -0.815. The number of nitrogens with one attached hydrogen (secondary N) is 1. The Morgan fingerprint density at radius 2 is 2.04 bits per heavy atom. The van der Waals surface area contributed by atoms with E-state index in [1.165, 1.54) is 18.2 Å². The highest BCUT2D eigenvalue weighted by molar-refractivity contribution is 9.10. The summed E-state index contributed by atoms with van der Waals surface area (Å²) in [4.78, 5) is 23.6. The molecule has 0 radical (unpaired) electrons. The largest absolute Gasteiger partial charge is 0.507 e. The molecule has 0 aromatic heterocycles. The van der Waals surface area contributed by atoms with Gasteiger partial charge in [0.15, 0.2) is 6.61 Å². The number of carbonyl (C=O) groups is 2. The SMILES string of the molecule is N#Cc1cccc(NC(=O)COC(=O)c2cc(Br)ccc2O)c1. The number of aromatic hydroxyl groups is 1. The van der Waals surface area contributed by atoms with E-state index in [0.29, 0.717) is 15.7 Å². The normalized spacial score (nSPS) is 9.74. The first kappa shape index (κ1) is 16.5. The number of ether oxygens (including phenoxy) is 1. The van der Waals surface area contributed by atoms with Crippen LogP contribution in [0.25, 0.3) is 0 Å². The van der Waals surface area contributed by atoms with Gasteiger partial charge in [-0.05, 0) is 36.4 Å². The standard InChI is InChI=1S/C16H11BrN2O4/c17-11-4-5-14(20)13(7-11)16(22)23-9-15(21)19-12-3-1-2-10(6-12)8-18/h1-7,20H,9H2,(H,19,21). The molecule has 0 saturated heterocycles. The van der Waals surface area contributed by atoms with Gasteiger partial charge in [-0.15, -0.1) is 0 Å². The summed E-state index contributed by atoms with van der Waals surface area (Å²) in [6.45, 7) is -0.512. The monoisotopic (exact) mass is 374 g/mol. The van der Waals surface area contributed by atoms with Gasteiger partial charge in [0.25, 0.3) is 5.91 Å². The van der Waals surface area contributed by atoms with E-state index in [1.807, 2.05) is 6.07 Å². The molecule has 0 heterocycles. The van der Waals surface area contributed by atoms with Crippen LogP contribution in [0, 0.1) is 11.3 Å². The van der Waals surface area contributed by atoms with Crippen molar-refractivity contribution in [2.45, 2.75) is 0 Å². The molecule has 0 spiro atoms. The molecule has 0 aliphatic carbocycles. The van der Waals surface area contributed by atoms with Gasteiger partial charge in [0.1, 0.15) is 11.3 Å². The van der Waals surface area contributed by atoms with Gasteiger partial charge in [0.05, 0.1) is 11.6 Å². The van der Waals surface area contributed by atoms with Crippen molar-refractivity contribution in [3.8, 4) is 11.8 Å². The van der Waals surface area contributed by atoms with Gasteiger partial charge in [-0.25, -0.2) is 4.79 Å². The van der Waals surface area contributed by atoms with E-state index in [1.54, 1.807) is 24.3 Å². The van der Waals surface area contributed by atoms with Gasteiger partial charge in [-0.1, -0.05) is 22.0 Å². The highest BCUT2D eigenvalue weighted by Crippen LogP contribution is 2.22. The number of carbonyl (C=O) groups excluding carboxylic acids is 2. The minimum Gasteiger partial charge on any atom is -0.507 e. The lowest BCUT2D eigenvalue weighted by molar-refractivity contribution is -0.119. The molecule has 0 aliphatic rings. The Labute approximate surface area is 140 Å². The van der Waals surface area contributed by atoms with Crippen LogP contribution in [0.1, 0.15) is 15.9 Å². The smallest absolute Gasteiger partial charge is 0.342 e. The minimum absolute atomic E-state index is 0.0429. The van der Waals surface area contributed by atoms with Crippen molar-refractivity contribution in [2.24, 2.45) is 0 Å². The molecule has 2 aromatic rings. The predicted molar refractivity (Wildman–Crippen MR) is 85.9 cm³/mol. The van der Waals surface area contributed by atoms with Crippen LogP contribution >= 0.6 is 15.9 Å². The first-order valence-electron chi connectivity index (χ1n) is 6.45. The Morgan fingerprint density at radius 1 is 1.26 bits per heavy atom. The molecule has 0 atom stereocenters. The average molecular weight is 375 g/mol. The lowest BCUT2D eigenvalue weighted by Crippen LogP contribution is -2.21. The number of hydrogen-bond acceptors (Lipinski definition) is 5. The molecular weight excluding hydrogens is 364 g/mol. The van der Waals surface area contributed by atoms with Gasteiger partial charge in [-0.2, -0.15) is 5.26 Å². The molecule has 116 valence electrons. The zero-order valence-corrected chi connectivity index (χ0v) is 13.3. The third-order valence-electron chi connectivity index (χ3n) is 2.79. The van der Waals surface area contributed by atoms with E-state index < -0.39 is 18.5 Å². The van der Waals surface area contributed by atoms with Crippen LogP contribution in [-0.2, 0) is 9.53 Å². The van der Waals surface area contributed by atoms with Crippen LogP contribution in [0.15, 0.2) is 46.9 Å². The molecule has 6 nitrogen and oxygen atoms in total. The van der Waals surface area contributed by atoms with Crippen molar-refractivity contribution in [1.29, 1.82) is 5.26 Å². The van der Waals surface area contributed by atoms with Crippen molar-refractivity contribution < 1.29 is 19.4 Å². The number of benzene rings is 2. The summed E-state index contributed by atoms with van der Waals surface area (Å²) in [5.41, 5.74) is 0.785. The number of nitriles is 1. The maximum absolute atomic E-state index is 11.8. The summed E-state index contributed by atoms with van der Waals surface area (Å²) < 4.78 is 5.45. The molecule has 2 N–H and O–H groups in total. The molecule has 0 fully saturated rings. The molecule has 0 saturated carbocycles. The average Bonchev–Trinajstić information content (AvgIpc) is 2.55. The molecule has 0 aliphatic heterocycles. The Hall–Kier alpha value is -2.85. The maximum Gasteiger partial charge on any atom is 0.342 e. The van der Waals surface area contributed by atoms with Crippen LogP contribution in [0.3, 0.4) is 0 Å². The lowest BCUT2D eigenvalue weighted by atomic mass is 10.2. The number of halogens is 1. The van der Waals surface area contributed by atoms with E-state index >= 15 is 0 Å². The van der Waals surface area contributed by atoms with Gasteiger partial charge < -0.3 is 15.2 Å². The number of anilines is 1. The highest BCUT2D eigenvalue weighted by Gasteiger charge is 2.15. The van der Waals surface area contributed by atoms with Gasteiger partial charge in [-0.3, -0.25) is 4.79 Å². The predicted octanol–water partition coefficient (Wildman–Crippen LogP) is 2.82. The zero-order chi connectivity index (χ0) is 16.8. The summed E-state index contributed by atoms with van der Waals surface area (Å²) in [5.74, 6) is -1.60. The Balaban J connectivity index is 1.95. The van der Waals surface area contributed by atoms with Crippen LogP contribution in [0.4, 0.5) is 5.69 Å². The van der Waals surface area contributed by atoms with E-state index in [-0.39, 0.29) is 11.3 Å². The van der Waals surface area contributed by atoms with Crippen LogP contribution < -0.4 is 5.32 Å². The van der Waals surface area contributed by atoms with Gasteiger partial charge >= 0.3 is 5.97 Å². The number of phenolic OH excluding ortho intramolecular Hbond substituents is 1. The third kappa shape index (κ3) is 4.56. The van der Waals surface area contributed by atoms with E-state index in [9.17, 15) is 14.7 Å². The summed E-state index contributed by atoms with van der Waals surface area (Å²) in [6, 6.07) is 12.6. The van der Waals surface area contributed by atoms with Gasteiger partial charge in [0.2, 0.25) is 0 Å². The fourth-order valence-corrected chi connectivity index (χ4v) is 2.11. The van der Waals surface area contributed by atoms with Crippen LogP contribution in [-0.4, -0.2) is 23.6 Å². The Morgan fingerprint density at radius 3 is 2.78 bits per heavy atom. The third-order valence-corrected chi connectivity index (χ3v) is 3.28. The second-order valence-corrected chi connectivity index (χ2v) is 5.39. The first-order chi connectivity index (χ1) is 11.0. The molecule has 0 unspecified atom stereocenters. The number of esters is 1. The van der Waals surface area contributed by atoms with Crippen molar-refractivity contribution in [3.05, 3.63) is 58.1 Å². The highest BCUT2D eigenvalue weighted by atomic mass is 79.9. The summed E-state index contributed by atoms with van der Waals surface area (Å²) in [7, 11) is 0. The van der Waals surface area contributed by atoms with Crippen LogP contribution in [0.5, 0.6) is 5.75 Å². The van der Waals surface area contributed by atoms with Crippen molar-refractivity contribution in [1.82, 2.24) is 0 Å². The van der Waals surface area contributed by atoms with E-state index in [0.717, 1.165) is 0 Å². The Bertz CT molecular complexity index is 799. The molecule has 23 heavy (non-hydrogen) atoms. The number of amides is 1. The fourth-order valence-electron chi connectivity index (χ4n) is 1.74. The van der Waals surface area contributed by atoms with Crippen molar-refractivity contribution in [2.75, 3.05) is 11.9 Å². The fraction of sp³-hybridized carbons (Fsp3) is 0.0625. The maximum atomic E-state index is 11.8. The van der Waals surface area contributed by atoms with Gasteiger partial charge in [0, 0.05) is 10.2 Å². The topological polar surface area (TPSA) is 99.4 Å². The molecular formula is C16H11BrN2O4. The number of rotatable bonds is 4. The zero-order valence-electron chi connectivity index (χ0n) is 11.7. The summed E-state index contributed by atoms with van der Waals surface area (Å²) in [5, 5.41) is 20.9. The lowest BCUT2D eigenvalue weighted by Gasteiger charge is -2.08. The molecule has 0 bridgehead atoms. The van der Waals surface area contributed by atoms with Crippen molar-refractivity contribution in [3.63, 3.8) is 0 Å². The first-order valence-corrected chi connectivity index (χ1v) is 7.24. The molecule has 7 heteroatoms. The summed E-state index contributed by atoms with van der Waals surface area (Å²) in [6.07, 6.45) is 0. The van der Waals surface area contributed by atoms with E-state index in [2.05, 4.69) is 21.2 Å². The van der Waals surface area contributed by atoms with E-state index in [4.69, 9.17) is 10.00 Å². The Kier molecular flexibility index (Phi) is 5.33. The second-order valence-electron chi connectivity index (χ2n) is 4.48. The molecule has 1 amide bonds. The number of nitrogens with zero attached hydrogens (tertiary/aromatic N) is 1. The summed E-state index contributed by atoms with van der Waals surface area (Å²) >= 11 is 3.18. The van der Waals surface area contributed by atoms with Crippen LogP contribution in [0.2, 0.25) is 0 Å².